The van der Waals surface area contributed by atoms with Crippen LogP contribution in [0.1, 0.15) is 16.1 Å². The van der Waals surface area contributed by atoms with Gasteiger partial charge in [-0.15, -0.1) is 0 Å². The number of para-hydroxylation sites is 1. The maximum absolute atomic E-state index is 12.9. The molecule has 7 heteroatoms. The molecule has 25 heavy (non-hydrogen) atoms. The monoisotopic (exact) mass is 356 g/mol. The van der Waals surface area contributed by atoms with Crippen LogP contribution >= 0.6 is 11.6 Å². The fraction of sp³-hybridized carbons (Fsp3) is 0.0556. The van der Waals surface area contributed by atoms with Crippen LogP contribution in [0, 0.1) is 5.82 Å². The molecule has 1 aromatic heterocycles. The second kappa shape index (κ2) is 7.72. The molecule has 0 aliphatic heterocycles. The van der Waals surface area contributed by atoms with Crippen molar-refractivity contribution in [3.8, 4) is 0 Å². The van der Waals surface area contributed by atoms with Gasteiger partial charge in [0.15, 0.2) is 0 Å². The van der Waals surface area contributed by atoms with Gasteiger partial charge in [0, 0.05) is 6.54 Å². The highest BCUT2D eigenvalue weighted by molar-refractivity contribution is 6.33. The van der Waals surface area contributed by atoms with Gasteiger partial charge in [-0.2, -0.15) is 0 Å². The van der Waals surface area contributed by atoms with E-state index in [0.29, 0.717) is 23.1 Å². The van der Waals surface area contributed by atoms with Gasteiger partial charge in [-0.1, -0.05) is 35.9 Å². The van der Waals surface area contributed by atoms with E-state index in [1.54, 1.807) is 36.4 Å². The van der Waals surface area contributed by atoms with Crippen molar-refractivity contribution < 1.29 is 9.18 Å². The summed E-state index contributed by atoms with van der Waals surface area (Å²) >= 11 is 6.01. The summed E-state index contributed by atoms with van der Waals surface area (Å²) in [6.07, 6.45) is 2.84. The van der Waals surface area contributed by atoms with Crippen molar-refractivity contribution >= 4 is 29.0 Å². The minimum absolute atomic E-state index is 0.173. The molecule has 0 fully saturated rings. The average Bonchev–Trinajstić information content (AvgIpc) is 2.63. The van der Waals surface area contributed by atoms with E-state index in [4.69, 9.17) is 11.6 Å². The molecule has 0 aliphatic rings. The topological polar surface area (TPSA) is 66.9 Å². The zero-order chi connectivity index (χ0) is 17.6. The molecule has 0 radical (unpaired) electrons. The summed E-state index contributed by atoms with van der Waals surface area (Å²) in [7, 11) is 0. The standard InChI is InChI=1S/C18H14ClFN4O/c19-14-3-1-2-4-15(14)24-18(25)16-10-23-17(11-21-16)22-9-12-5-7-13(20)8-6-12/h1-8,10-11H,9H2,(H,22,23)(H,24,25). The Bertz CT molecular complexity index is 869. The van der Waals surface area contributed by atoms with Crippen LogP contribution in [0.15, 0.2) is 60.9 Å². The minimum atomic E-state index is -0.398. The largest absolute Gasteiger partial charge is 0.365 e. The van der Waals surface area contributed by atoms with Crippen LogP contribution in [0.25, 0.3) is 0 Å². The summed E-state index contributed by atoms with van der Waals surface area (Å²) < 4.78 is 12.9. The van der Waals surface area contributed by atoms with E-state index >= 15 is 0 Å². The second-order valence-electron chi connectivity index (χ2n) is 5.20. The number of anilines is 2. The fourth-order valence-electron chi connectivity index (χ4n) is 2.08. The summed E-state index contributed by atoms with van der Waals surface area (Å²) in [5, 5.41) is 6.18. The van der Waals surface area contributed by atoms with E-state index in [-0.39, 0.29) is 11.5 Å². The Morgan fingerprint density at radius 2 is 1.80 bits per heavy atom. The molecule has 0 bridgehead atoms. The number of carbonyl (C=O) groups excluding carboxylic acids is 1. The number of rotatable bonds is 5. The summed E-state index contributed by atoms with van der Waals surface area (Å²) in [6.45, 7) is 0.472. The highest BCUT2D eigenvalue weighted by atomic mass is 35.5. The van der Waals surface area contributed by atoms with Gasteiger partial charge < -0.3 is 10.6 Å². The number of nitrogens with zero attached hydrogens (tertiary/aromatic N) is 2. The predicted octanol–water partition coefficient (Wildman–Crippen LogP) is 4.13. The highest BCUT2D eigenvalue weighted by Gasteiger charge is 2.10. The van der Waals surface area contributed by atoms with Crippen LogP contribution in [0.2, 0.25) is 5.02 Å². The summed E-state index contributed by atoms with van der Waals surface area (Å²) in [6, 6.07) is 13.1. The van der Waals surface area contributed by atoms with E-state index in [1.165, 1.54) is 24.5 Å². The Labute approximate surface area is 148 Å². The van der Waals surface area contributed by atoms with E-state index in [2.05, 4.69) is 20.6 Å². The molecule has 126 valence electrons. The smallest absolute Gasteiger partial charge is 0.275 e. The van der Waals surface area contributed by atoms with Gasteiger partial charge in [-0.3, -0.25) is 4.79 Å². The first-order valence-electron chi connectivity index (χ1n) is 7.48. The van der Waals surface area contributed by atoms with E-state index in [0.717, 1.165) is 5.56 Å². The van der Waals surface area contributed by atoms with Crippen LogP contribution < -0.4 is 10.6 Å². The van der Waals surface area contributed by atoms with Crippen molar-refractivity contribution in [3.05, 3.63) is 83.0 Å². The summed E-state index contributed by atoms with van der Waals surface area (Å²) in [5.41, 5.74) is 1.59. The third-order valence-electron chi connectivity index (χ3n) is 3.39. The molecule has 0 unspecified atom stereocenters. The maximum atomic E-state index is 12.9. The first-order chi connectivity index (χ1) is 12.1. The number of hydrogen-bond donors (Lipinski definition) is 2. The van der Waals surface area contributed by atoms with Crippen LogP contribution in [0.5, 0.6) is 0 Å². The molecule has 0 saturated heterocycles. The van der Waals surface area contributed by atoms with Crippen molar-refractivity contribution in [1.82, 2.24) is 9.97 Å². The number of aromatic nitrogens is 2. The van der Waals surface area contributed by atoms with Gasteiger partial charge >= 0.3 is 0 Å². The Morgan fingerprint density at radius 3 is 2.48 bits per heavy atom. The lowest BCUT2D eigenvalue weighted by molar-refractivity contribution is 0.102. The lowest BCUT2D eigenvalue weighted by Gasteiger charge is -2.08. The van der Waals surface area contributed by atoms with Crippen molar-refractivity contribution in [3.63, 3.8) is 0 Å². The van der Waals surface area contributed by atoms with E-state index < -0.39 is 5.91 Å². The summed E-state index contributed by atoms with van der Waals surface area (Å²) in [5.74, 6) is -0.165. The molecule has 0 spiro atoms. The molecule has 3 rings (SSSR count). The third kappa shape index (κ3) is 4.51. The predicted molar refractivity (Wildman–Crippen MR) is 95.2 cm³/mol. The van der Waals surface area contributed by atoms with Crippen LogP contribution in [-0.4, -0.2) is 15.9 Å². The highest BCUT2D eigenvalue weighted by Crippen LogP contribution is 2.20. The molecule has 1 heterocycles. The SMILES string of the molecule is O=C(Nc1ccccc1Cl)c1cnc(NCc2ccc(F)cc2)cn1. The lowest BCUT2D eigenvalue weighted by Crippen LogP contribution is -2.14. The molecule has 0 saturated carbocycles. The molecular formula is C18H14ClFN4O. The maximum Gasteiger partial charge on any atom is 0.275 e. The number of hydrogen-bond acceptors (Lipinski definition) is 4. The summed E-state index contributed by atoms with van der Waals surface area (Å²) in [4.78, 5) is 20.4. The quantitative estimate of drug-likeness (QED) is 0.721. The number of nitrogens with one attached hydrogen (secondary N) is 2. The van der Waals surface area contributed by atoms with E-state index in [1.807, 2.05) is 0 Å². The van der Waals surface area contributed by atoms with Gasteiger partial charge in [0.05, 0.1) is 23.1 Å². The van der Waals surface area contributed by atoms with Crippen LogP contribution in [-0.2, 0) is 6.54 Å². The molecule has 2 aromatic carbocycles. The molecular weight excluding hydrogens is 343 g/mol. The number of halogens is 2. The van der Waals surface area contributed by atoms with Gasteiger partial charge in [0.1, 0.15) is 17.3 Å². The Hall–Kier alpha value is -2.99. The zero-order valence-electron chi connectivity index (χ0n) is 13.0. The normalized spacial score (nSPS) is 10.3. The first-order valence-corrected chi connectivity index (χ1v) is 7.86. The Morgan fingerprint density at radius 1 is 1.04 bits per heavy atom. The molecule has 1 amide bonds. The van der Waals surface area contributed by atoms with Crippen molar-refractivity contribution in [1.29, 1.82) is 0 Å². The van der Waals surface area contributed by atoms with Crippen molar-refractivity contribution in [2.24, 2.45) is 0 Å². The van der Waals surface area contributed by atoms with Gasteiger partial charge in [0.2, 0.25) is 0 Å². The second-order valence-corrected chi connectivity index (χ2v) is 5.61. The van der Waals surface area contributed by atoms with Crippen LogP contribution in [0.4, 0.5) is 15.9 Å². The number of benzene rings is 2. The minimum Gasteiger partial charge on any atom is -0.365 e. The average molecular weight is 357 g/mol. The molecule has 0 aliphatic carbocycles. The zero-order valence-corrected chi connectivity index (χ0v) is 13.8. The van der Waals surface area contributed by atoms with Crippen molar-refractivity contribution in [2.75, 3.05) is 10.6 Å². The molecule has 2 N–H and O–H groups in total. The van der Waals surface area contributed by atoms with E-state index in [9.17, 15) is 9.18 Å². The molecule has 3 aromatic rings. The molecule has 5 nitrogen and oxygen atoms in total. The Balaban J connectivity index is 1.60. The number of carbonyl (C=O) groups is 1. The fourth-order valence-corrected chi connectivity index (χ4v) is 2.26. The van der Waals surface area contributed by atoms with Crippen molar-refractivity contribution in [2.45, 2.75) is 6.54 Å². The lowest BCUT2D eigenvalue weighted by atomic mass is 10.2. The van der Waals surface area contributed by atoms with Gasteiger partial charge in [-0.05, 0) is 29.8 Å². The van der Waals surface area contributed by atoms with Gasteiger partial charge in [0.25, 0.3) is 5.91 Å². The molecule has 0 atom stereocenters. The van der Waals surface area contributed by atoms with Gasteiger partial charge in [-0.25, -0.2) is 14.4 Å². The third-order valence-corrected chi connectivity index (χ3v) is 3.72. The first kappa shape index (κ1) is 16.9. The number of amides is 1. The van der Waals surface area contributed by atoms with Crippen LogP contribution in [0.3, 0.4) is 0 Å². The Kier molecular flexibility index (Phi) is 5.20.